The van der Waals surface area contributed by atoms with Crippen LogP contribution < -0.4 is 16.0 Å². The minimum atomic E-state index is 0.672. The van der Waals surface area contributed by atoms with Gasteiger partial charge < -0.3 is 16.0 Å². The van der Waals surface area contributed by atoms with Crippen LogP contribution in [-0.2, 0) is 6.42 Å². The molecule has 1 aromatic carbocycles. The lowest BCUT2D eigenvalue weighted by molar-refractivity contribution is 0.406. The van der Waals surface area contributed by atoms with Gasteiger partial charge in [-0.25, -0.2) is 0 Å². The van der Waals surface area contributed by atoms with Crippen molar-refractivity contribution in [1.29, 1.82) is 0 Å². The van der Waals surface area contributed by atoms with Crippen molar-refractivity contribution < 1.29 is 0 Å². The molecule has 2 unspecified atom stereocenters. The number of rotatable bonds is 6. The average Bonchev–Trinajstić information content (AvgIpc) is 3.10. The van der Waals surface area contributed by atoms with E-state index in [0.29, 0.717) is 12.0 Å². The van der Waals surface area contributed by atoms with Gasteiger partial charge in [0.05, 0.1) is 0 Å². The summed E-state index contributed by atoms with van der Waals surface area (Å²) >= 11 is 0. The zero-order valence-electron chi connectivity index (χ0n) is 12.4. The molecule has 3 N–H and O–H groups in total. The van der Waals surface area contributed by atoms with Crippen LogP contribution in [-0.4, -0.2) is 32.2 Å². The largest absolute Gasteiger partial charge is 0.371 e. The van der Waals surface area contributed by atoms with E-state index in [9.17, 15) is 0 Å². The summed E-state index contributed by atoms with van der Waals surface area (Å²) in [4.78, 5) is 2.53. The number of fused-ring (bicyclic) bond motifs is 1. The fourth-order valence-electron chi connectivity index (χ4n) is 3.78. The van der Waals surface area contributed by atoms with Gasteiger partial charge in [0.2, 0.25) is 0 Å². The molecule has 2 aliphatic rings. The summed E-state index contributed by atoms with van der Waals surface area (Å²) in [6, 6.07) is 9.50. The molecule has 0 spiro atoms. The summed E-state index contributed by atoms with van der Waals surface area (Å²) in [6.45, 7) is 4.33. The predicted molar refractivity (Wildman–Crippen MR) is 85.2 cm³/mol. The molecule has 1 aliphatic heterocycles. The van der Waals surface area contributed by atoms with E-state index in [0.717, 1.165) is 13.1 Å². The van der Waals surface area contributed by atoms with Gasteiger partial charge in [0.25, 0.3) is 0 Å². The second-order valence-electron chi connectivity index (χ2n) is 6.21. The highest BCUT2D eigenvalue weighted by Crippen LogP contribution is 2.27. The Kier molecular flexibility index (Phi) is 4.58. The average molecular weight is 273 g/mol. The lowest BCUT2D eigenvalue weighted by atomic mass is 10.0. The third-order valence-electron chi connectivity index (χ3n) is 4.96. The fraction of sp³-hybridized carbons (Fsp3) is 0.647. The third-order valence-corrected chi connectivity index (χ3v) is 4.96. The number of nitrogens with two attached hydrogens (primary N) is 1. The van der Waals surface area contributed by atoms with E-state index in [1.165, 1.54) is 56.4 Å². The molecular formula is C17H27N3. The maximum Gasteiger partial charge on any atom is 0.0399 e. The Morgan fingerprint density at radius 3 is 3.05 bits per heavy atom. The maximum absolute atomic E-state index is 5.83. The van der Waals surface area contributed by atoms with Crippen LogP contribution in [0.3, 0.4) is 0 Å². The summed E-state index contributed by atoms with van der Waals surface area (Å²) < 4.78 is 0. The molecule has 20 heavy (non-hydrogen) atoms. The standard InChI is InChI=1S/C17H27N3/c18-13-15-6-3-7-16(15)19-10-4-11-20-12-9-14-5-1-2-8-17(14)20/h1-2,5,8,15-16,19H,3-4,6-7,9-13,18H2. The minimum Gasteiger partial charge on any atom is -0.371 e. The zero-order chi connectivity index (χ0) is 13.8. The van der Waals surface area contributed by atoms with Crippen LogP contribution in [0.5, 0.6) is 0 Å². The van der Waals surface area contributed by atoms with Crippen LogP contribution in [0.15, 0.2) is 24.3 Å². The monoisotopic (exact) mass is 273 g/mol. The van der Waals surface area contributed by atoms with Crippen molar-refractivity contribution in [2.24, 2.45) is 11.7 Å². The Morgan fingerprint density at radius 2 is 2.15 bits per heavy atom. The van der Waals surface area contributed by atoms with Gasteiger partial charge in [0.15, 0.2) is 0 Å². The van der Waals surface area contributed by atoms with Crippen molar-refractivity contribution in [2.45, 2.75) is 38.1 Å². The Labute approximate surface area is 122 Å². The highest BCUT2D eigenvalue weighted by Gasteiger charge is 2.25. The van der Waals surface area contributed by atoms with E-state index in [-0.39, 0.29) is 0 Å². The lowest BCUT2D eigenvalue weighted by Crippen LogP contribution is -2.37. The molecule has 110 valence electrons. The lowest BCUT2D eigenvalue weighted by Gasteiger charge is -2.22. The number of hydrogen-bond donors (Lipinski definition) is 2. The number of para-hydroxylation sites is 1. The molecular weight excluding hydrogens is 246 g/mol. The Balaban J connectivity index is 1.41. The number of nitrogens with zero attached hydrogens (tertiary/aromatic N) is 1. The summed E-state index contributed by atoms with van der Waals surface area (Å²) in [6.07, 6.45) is 6.41. The minimum absolute atomic E-state index is 0.672. The first kappa shape index (κ1) is 13.9. The molecule has 0 aromatic heterocycles. The second-order valence-corrected chi connectivity index (χ2v) is 6.21. The Bertz CT molecular complexity index is 432. The van der Waals surface area contributed by atoms with Crippen LogP contribution in [0.2, 0.25) is 0 Å². The second kappa shape index (κ2) is 6.59. The number of benzene rings is 1. The van der Waals surface area contributed by atoms with Crippen molar-refractivity contribution in [2.75, 3.05) is 31.1 Å². The van der Waals surface area contributed by atoms with Gasteiger partial charge in [-0.2, -0.15) is 0 Å². The van der Waals surface area contributed by atoms with E-state index in [2.05, 4.69) is 34.5 Å². The van der Waals surface area contributed by atoms with E-state index in [1.807, 2.05) is 0 Å². The van der Waals surface area contributed by atoms with Crippen LogP contribution in [0.25, 0.3) is 0 Å². The summed E-state index contributed by atoms with van der Waals surface area (Å²) in [5.74, 6) is 0.711. The third kappa shape index (κ3) is 2.99. The molecule has 3 heteroatoms. The van der Waals surface area contributed by atoms with Gasteiger partial charge in [-0.3, -0.25) is 0 Å². The van der Waals surface area contributed by atoms with Crippen LogP contribution in [0, 0.1) is 5.92 Å². The molecule has 0 amide bonds. The van der Waals surface area contributed by atoms with Crippen LogP contribution >= 0.6 is 0 Å². The normalized spacial score (nSPS) is 25.1. The summed E-state index contributed by atoms with van der Waals surface area (Å²) in [5.41, 5.74) is 8.80. The van der Waals surface area contributed by atoms with Gasteiger partial charge in [0, 0.05) is 24.8 Å². The molecule has 0 radical (unpaired) electrons. The van der Waals surface area contributed by atoms with Crippen LogP contribution in [0.4, 0.5) is 5.69 Å². The van der Waals surface area contributed by atoms with Crippen molar-refractivity contribution in [1.82, 2.24) is 5.32 Å². The Hall–Kier alpha value is -1.06. The van der Waals surface area contributed by atoms with E-state index >= 15 is 0 Å². The van der Waals surface area contributed by atoms with E-state index in [4.69, 9.17) is 5.73 Å². The smallest absolute Gasteiger partial charge is 0.0399 e. The molecule has 3 nitrogen and oxygen atoms in total. The highest BCUT2D eigenvalue weighted by molar-refractivity contribution is 5.57. The van der Waals surface area contributed by atoms with Gasteiger partial charge in [-0.05, 0) is 56.3 Å². The van der Waals surface area contributed by atoms with Gasteiger partial charge >= 0.3 is 0 Å². The van der Waals surface area contributed by atoms with Gasteiger partial charge in [-0.15, -0.1) is 0 Å². The van der Waals surface area contributed by atoms with Gasteiger partial charge in [0.1, 0.15) is 0 Å². The molecule has 1 fully saturated rings. The molecule has 0 bridgehead atoms. The van der Waals surface area contributed by atoms with Crippen molar-refractivity contribution >= 4 is 5.69 Å². The van der Waals surface area contributed by atoms with Crippen molar-refractivity contribution in [3.05, 3.63) is 29.8 Å². The van der Waals surface area contributed by atoms with Crippen molar-refractivity contribution in [3.63, 3.8) is 0 Å². The SMILES string of the molecule is NCC1CCCC1NCCCN1CCc2ccccc21. The topological polar surface area (TPSA) is 41.3 Å². The first-order chi connectivity index (χ1) is 9.88. The number of nitrogens with one attached hydrogen (secondary N) is 1. The van der Waals surface area contributed by atoms with E-state index < -0.39 is 0 Å². The fourth-order valence-corrected chi connectivity index (χ4v) is 3.78. The molecule has 3 rings (SSSR count). The molecule has 0 saturated heterocycles. The first-order valence-corrected chi connectivity index (χ1v) is 8.15. The van der Waals surface area contributed by atoms with Crippen LogP contribution in [0.1, 0.15) is 31.2 Å². The summed E-state index contributed by atoms with van der Waals surface area (Å²) in [7, 11) is 0. The molecule has 1 saturated carbocycles. The number of hydrogen-bond acceptors (Lipinski definition) is 3. The first-order valence-electron chi connectivity index (χ1n) is 8.15. The maximum atomic E-state index is 5.83. The quantitative estimate of drug-likeness (QED) is 0.780. The zero-order valence-corrected chi connectivity index (χ0v) is 12.4. The molecule has 1 heterocycles. The summed E-state index contributed by atoms with van der Waals surface area (Å²) in [5, 5.41) is 3.72. The molecule has 1 aromatic rings. The molecule has 1 aliphatic carbocycles. The Morgan fingerprint density at radius 1 is 1.25 bits per heavy atom. The predicted octanol–water partition coefficient (Wildman–Crippen LogP) is 2.16. The number of anilines is 1. The van der Waals surface area contributed by atoms with Gasteiger partial charge in [-0.1, -0.05) is 24.6 Å². The van der Waals surface area contributed by atoms with E-state index in [1.54, 1.807) is 0 Å². The highest BCUT2D eigenvalue weighted by atomic mass is 15.1. The van der Waals surface area contributed by atoms with Crippen molar-refractivity contribution in [3.8, 4) is 0 Å². The molecule has 2 atom stereocenters.